The summed E-state index contributed by atoms with van der Waals surface area (Å²) in [5, 5.41) is 4.59. The summed E-state index contributed by atoms with van der Waals surface area (Å²) in [4.78, 5) is 28.7. The molecule has 2 heterocycles. The van der Waals surface area contributed by atoms with Crippen LogP contribution in [0, 0.1) is 0 Å². The van der Waals surface area contributed by atoms with Gasteiger partial charge in [-0.3, -0.25) is 4.79 Å². The van der Waals surface area contributed by atoms with Crippen molar-refractivity contribution in [1.82, 2.24) is 15.1 Å². The van der Waals surface area contributed by atoms with Crippen LogP contribution in [0.2, 0.25) is 0 Å². The van der Waals surface area contributed by atoms with Gasteiger partial charge >= 0.3 is 6.03 Å². The normalized spacial score (nSPS) is 17.5. The van der Waals surface area contributed by atoms with Crippen molar-refractivity contribution >= 4 is 23.3 Å². The monoisotopic (exact) mass is 310 g/mol. The molecule has 1 aromatic heterocycles. The van der Waals surface area contributed by atoms with Gasteiger partial charge in [0, 0.05) is 31.1 Å². The van der Waals surface area contributed by atoms with Gasteiger partial charge in [-0.1, -0.05) is 13.0 Å². The lowest BCUT2D eigenvalue weighted by Gasteiger charge is -2.34. The highest BCUT2D eigenvalue weighted by Gasteiger charge is 2.24. The average Bonchev–Trinajstić information content (AvgIpc) is 3.00. The fraction of sp³-hybridized carbons (Fsp3) is 0.571. The maximum atomic E-state index is 12.4. The number of primary amides is 1. The van der Waals surface area contributed by atoms with Crippen molar-refractivity contribution in [1.29, 1.82) is 0 Å². The van der Waals surface area contributed by atoms with Gasteiger partial charge in [0.1, 0.15) is 0 Å². The average molecular weight is 310 g/mol. The van der Waals surface area contributed by atoms with Gasteiger partial charge in [-0.05, 0) is 18.0 Å². The fourth-order valence-corrected chi connectivity index (χ4v) is 3.28. The Hall–Kier alpha value is -1.60. The molecule has 0 radical (unpaired) electrons. The molecule has 1 aliphatic rings. The molecule has 2 rings (SSSR count). The van der Waals surface area contributed by atoms with Crippen LogP contribution in [-0.4, -0.2) is 54.5 Å². The van der Waals surface area contributed by atoms with Crippen LogP contribution in [0.15, 0.2) is 17.5 Å². The zero-order chi connectivity index (χ0) is 15.2. The molecule has 6 nitrogen and oxygen atoms in total. The third-order valence-electron chi connectivity index (χ3n) is 3.75. The van der Waals surface area contributed by atoms with E-state index in [9.17, 15) is 9.59 Å². The standard InChI is InChI=1S/C14H22N4O2S/c1-2-17-5-7-18(8-6-17)13(19)10-11(16-14(15)20)12-4-3-9-21-12/h3-4,9,11H,2,5-8,10H2,1H3,(H3,15,16,20). The second-order valence-corrected chi connectivity index (χ2v) is 6.08. The van der Waals surface area contributed by atoms with Gasteiger partial charge in [0.05, 0.1) is 12.5 Å². The molecule has 1 saturated heterocycles. The molecule has 21 heavy (non-hydrogen) atoms. The summed E-state index contributed by atoms with van der Waals surface area (Å²) < 4.78 is 0. The predicted molar refractivity (Wildman–Crippen MR) is 83.1 cm³/mol. The van der Waals surface area contributed by atoms with Gasteiger partial charge in [0.2, 0.25) is 5.91 Å². The van der Waals surface area contributed by atoms with Crippen molar-refractivity contribution in [2.75, 3.05) is 32.7 Å². The molecule has 1 unspecified atom stereocenters. The largest absolute Gasteiger partial charge is 0.352 e. The zero-order valence-corrected chi connectivity index (χ0v) is 13.1. The summed E-state index contributed by atoms with van der Waals surface area (Å²) in [5.74, 6) is 0.0675. The van der Waals surface area contributed by atoms with E-state index >= 15 is 0 Å². The maximum absolute atomic E-state index is 12.4. The summed E-state index contributed by atoms with van der Waals surface area (Å²) in [6.07, 6.45) is 0.260. The molecule has 0 aliphatic carbocycles. The minimum absolute atomic E-state index is 0.0675. The van der Waals surface area contributed by atoms with Gasteiger partial charge in [-0.15, -0.1) is 11.3 Å². The number of nitrogens with two attached hydrogens (primary N) is 1. The Kier molecular flexibility index (Phi) is 5.58. The van der Waals surface area contributed by atoms with Crippen LogP contribution in [0.4, 0.5) is 4.79 Å². The molecule has 7 heteroatoms. The molecule has 0 aromatic carbocycles. The first-order valence-electron chi connectivity index (χ1n) is 7.19. The zero-order valence-electron chi connectivity index (χ0n) is 12.2. The number of rotatable bonds is 5. The number of urea groups is 1. The van der Waals surface area contributed by atoms with E-state index in [0.29, 0.717) is 0 Å². The van der Waals surface area contributed by atoms with Gasteiger partial charge in [-0.25, -0.2) is 4.79 Å². The van der Waals surface area contributed by atoms with Crippen molar-refractivity contribution in [2.45, 2.75) is 19.4 Å². The van der Waals surface area contributed by atoms with Crippen LogP contribution in [-0.2, 0) is 4.79 Å². The molecule has 1 aliphatic heterocycles. The number of nitrogens with one attached hydrogen (secondary N) is 1. The second kappa shape index (κ2) is 7.42. The lowest BCUT2D eigenvalue weighted by molar-refractivity contribution is -0.133. The first kappa shape index (κ1) is 15.8. The highest BCUT2D eigenvalue weighted by molar-refractivity contribution is 7.10. The van der Waals surface area contributed by atoms with Gasteiger partial charge in [0.25, 0.3) is 0 Å². The van der Waals surface area contributed by atoms with E-state index in [-0.39, 0.29) is 18.4 Å². The van der Waals surface area contributed by atoms with Crippen LogP contribution in [0.5, 0.6) is 0 Å². The van der Waals surface area contributed by atoms with Crippen LogP contribution in [0.3, 0.4) is 0 Å². The summed E-state index contributed by atoms with van der Waals surface area (Å²) in [5.41, 5.74) is 5.21. The number of hydrogen-bond acceptors (Lipinski definition) is 4. The molecular weight excluding hydrogens is 288 g/mol. The van der Waals surface area contributed by atoms with Gasteiger partial charge in [-0.2, -0.15) is 0 Å². The number of hydrogen-bond donors (Lipinski definition) is 2. The topological polar surface area (TPSA) is 78.7 Å². The van der Waals surface area contributed by atoms with Crippen LogP contribution in [0.1, 0.15) is 24.3 Å². The third kappa shape index (κ3) is 4.44. The van der Waals surface area contributed by atoms with E-state index in [0.717, 1.165) is 37.6 Å². The number of carbonyl (C=O) groups excluding carboxylic acids is 2. The molecule has 1 fully saturated rings. The lowest BCUT2D eigenvalue weighted by Crippen LogP contribution is -2.49. The molecule has 0 spiro atoms. The molecule has 0 bridgehead atoms. The molecule has 3 N–H and O–H groups in total. The highest BCUT2D eigenvalue weighted by Crippen LogP contribution is 2.23. The summed E-state index contributed by atoms with van der Waals surface area (Å²) >= 11 is 1.52. The number of thiophene rings is 1. The Morgan fingerprint density at radius 3 is 2.62 bits per heavy atom. The van der Waals surface area contributed by atoms with E-state index in [4.69, 9.17) is 5.73 Å². The predicted octanol–water partition coefficient (Wildman–Crippen LogP) is 1.01. The minimum Gasteiger partial charge on any atom is -0.352 e. The van der Waals surface area contributed by atoms with E-state index in [1.807, 2.05) is 22.4 Å². The second-order valence-electron chi connectivity index (χ2n) is 5.10. The Labute approximate surface area is 128 Å². The molecule has 116 valence electrons. The smallest absolute Gasteiger partial charge is 0.312 e. The molecule has 1 atom stereocenters. The molecule has 3 amide bonds. The fourth-order valence-electron chi connectivity index (χ4n) is 2.50. The van der Waals surface area contributed by atoms with Crippen LogP contribution in [0.25, 0.3) is 0 Å². The van der Waals surface area contributed by atoms with Gasteiger partial charge < -0.3 is 20.9 Å². The maximum Gasteiger partial charge on any atom is 0.312 e. The molecule has 0 saturated carbocycles. The van der Waals surface area contributed by atoms with Crippen LogP contribution < -0.4 is 11.1 Å². The van der Waals surface area contributed by atoms with E-state index in [2.05, 4.69) is 17.1 Å². The first-order chi connectivity index (χ1) is 10.1. The first-order valence-corrected chi connectivity index (χ1v) is 8.07. The number of carbonyl (C=O) groups is 2. The number of amides is 3. The lowest BCUT2D eigenvalue weighted by atomic mass is 10.1. The van der Waals surface area contributed by atoms with Crippen molar-refractivity contribution < 1.29 is 9.59 Å². The van der Waals surface area contributed by atoms with E-state index in [1.54, 1.807) is 0 Å². The van der Waals surface area contributed by atoms with Crippen LogP contribution >= 0.6 is 11.3 Å². The Bertz CT molecular complexity index is 469. The van der Waals surface area contributed by atoms with E-state index < -0.39 is 6.03 Å². The summed E-state index contributed by atoms with van der Waals surface area (Å²) in [6, 6.07) is 2.88. The minimum atomic E-state index is -0.600. The van der Waals surface area contributed by atoms with E-state index in [1.165, 1.54) is 11.3 Å². The number of likely N-dealkylation sites (N-methyl/N-ethyl adjacent to an activating group) is 1. The summed E-state index contributed by atoms with van der Waals surface area (Å²) in [6.45, 7) is 6.47. The van der Waals surface area contributed by atoms with Crippen molar-refractivity contribution in [3.8, 4) is 0 Å². The highest BCUT2D eigenvalue weighted by atomic mass is 32.1. The van der Waals surface area contributed by atoms with Gasteiger partial charge in [0.15, 0.2) is 0 Å². The molecule has 1 aromatic rings. The quantitative estimate of drug-likeness (QED) is 0.852. The Balaban J connectivity index is 1.94. The Morgan fingerprint density at radius 1 is 1.38 bits per heavy atom. The Morgan fingerprint density at radius 2 is 2.10 bits per heavy atom. The SMILES string of the molecule is CCN1CCN(C(=O)CC(NC(N)=O)c2cccs2)CC1. The number of nitrogens with zero attached hydrogens (tertiary/aromatic N) is 2. The van der Waals surface area contributed by atoms with Crippen molar-refractivity contribution in [2.24, 2.45) is 5.73 Å². The number of piperazine rings is 1. The summed E-state index contributed by atoms with van der Waals surface area (Å²) in [7, 11) is 0. The van der Waals surface area contributed by atoms with Crippen molar-refractivity contribution in [3.05, 3.63) is 22.4 Å². The van der Waals surface area contributed by atoms with Crippen molar-refractivity contribution in [3.63, 3.8) is 0 Å². The third-order valence-corrected chi connectivity index (χ3v) is 4.74. The molecular formula is C14H22N4O2S.